The summed E-state index contributed by atoms with van der Waals surface area (Å²) in [7, 11) is 0. The second-order valence-corrected chi connectivity index (χ2v) is 7.25. The Morgan fingerprint density at radius 3 is 2.26 bits per heavy atom. The summed E-state index contributed by atoms with van der Waals surface area (Å²) in [5.41, 5.74) is 4.43. The van der Waals surface area contributed by atoms with Crippen molar-refractivity contribution < 1.29 is 19.4 Å². The molecule has 0 radical (unpaired) electrons. The van der Waals surface area contributed by atoms with Crippen LogP contribution in [0.25, 0.3) is 5.57 Å². The lowest BCUT2D eigenvalue weighted by Gasteiger charge is -2.13. The second-order valence-electron chi connectivity index (χ2n) is 6.33. The van der Waals surface area contributed by atoms with E-state index in [2.05, 4.69) is 41.9 Å². The van der Waals surface area contributed by atoms with E-state index in [9.17, 15) is 4.79 Å². The van der Waals surface area contributed by atoms with Crippen molar-refractivity contribution in [2.45, 2.75) is 33.3 Å². The van der Waals surface area contributed by atoms with E-state index < -0.39 is 12.1 Å². The molecule has 0 aromatic heterocycles. The number of carboxylic acids is 1. The van der Waals surface area contributed by atoms with Gasteiger partial charge in [-0.15, -0.1) is 0 Å². The Morgan fingerprint density at radius 1 is 1.07 bits per heavy atom. The Bertz CT molecular complexity index is 779. The van der Waals surface area contributed by atoms with E-state index in [4.69, 9.17) is 14.6 Å². The number of ether oxygens (including phenoxy) is 2. The number of aliphatic carboxylic acids is 1. The highest BCUT2D eigenvalue weighted by Gasteiger charge is 2.17. The number of halogens is 1. The lowest BCUT2D eigenvalue weighted by molar-refractivity contribution is -0.149. The van der Waals surface area contributed by atoms with E-state index in [1.165, 1.54) is 11.1 Å². The van der Waals surface area contributed by atoms with Crippen LogP contribution in [-0.2, 0) is 16.0 Å². The topological polar surface area (TPSA) is 55.8 Å². The van der Waals surface area contributed by atoms with E-state index in [0.717, 1.165) is 21.4 Å². The van der Waals surface area contributed by atoms with Crippen LogP contribution in [0.5, 0.6) is 5.75 Å². The first-order chi connectivity index (χ1) is 12.9. The molecule has 0 fully saturated rings. The van der Waals surface area contributed by atoms with Gasteiger partial charge in [-0.1, -0.05) is 40.2 Å². The van der Waals surface area contributed by atoms with E-state index in [1.807, 2.05) is 36.4 Å². The minimum Gasteiger partial charge on any atom is -0.489 e. The van der Waals surface area contributed by atoms with Gasteiger partial charge >= 0.3 is 5.97 Å². The zero-order valence-electron chi connectivity index (χ0n) is 15.9. The van der Waals surface area contributed by atoms with Crippen LogP contribution in [0.3, 0.4) is 0 Å². The third-order valence-corrected chi connectivity index (χ3v) is 4.89. The molecule has 144 valence electrons. The summed E-state index contributed by atoms with van der Waals surface area (Å²) in [6.45, 7) is 6.81. The lowest BCUT2D eigenvalue weighted by atomic mass is 10.0. The van der Waals surface area contributed by atoms with Crippen molar-refractivity contribution in [2.75, 3.05) is 13.2 Å². The van der Waals surface area contributed by atoms with Crippen LogP contribution in [0, 0.1) is 0 Å². The average molecular weight is 433 g/mol. The van der Waals surface area contributed by atoms with Crippen LogP contribution >= 0.6 is 15.9 Å². The molecule has 1 atom stereocenters. The Morgan fingerprint density at radius 2 is 1.70 bits per heavy atom. The normalized spacial score (nSPS) is 13.0. The molecule has 0 aliphatic carbocycles. The van der Waals surface area contributed by atoms with Crippen LogP contribution in [-0.4, -0.2) is 30.4 Å². The molecule has 5 heteroatoms. The van der Waals surface area contributed by atoms with E-state index in [1.54, 1.807) is 6.92 Å². The SMILES string of the molecule is CCOC(Cc1ccc(OC/C(C)=C(\C)c2ccc(Br)cc2)cc1)C(=O)O. The van der Waals surface area contributed by atoms with Crippen LogP contribution in [0.15, 0.2) is 58.6 Å². The fourth-order valence-electron chi connectivity index (χ4n) is 2.60. The molecular weight excluding hydrogens is 408 g/mol. The molecule has 2 aromatic rings. The van der Waals surface area contributed by atoms with Gasteiger partial charge in [-0.3, -0.25) is 0 Å². The summed E-state index contributed by atoms with van der Waals surface area (Å²) in [5.74, 6) is -0.189. The number of allylic oxidation sites excluding steroid dienone is 1. The molecule has 2 aromatic carbocycles. The smallest absolute Gasteiger partial charge is 0.333 e. The van der Waals surface area contributed by atoms with Gasteiger partial charge < -0.3 is 14.6 Å². The maximum Gasteiger partial charge on any atom is 0.333 e. The quantitative estimate of drug-likeness (QED) is 0.579. The maximum atomic E-state index is 11.2. The molecular formula is C22H25BrO4. The molecule has 0 amide bonds. The van der Waals surface area contributed by atoms with Gasteiger partial charge in [-0.25, -0.2) is 4.79 Å². The van der Waals surface area contributed by atoms with Crippen LogP contribution in [0.1, 0.15) is 31.9 Å². The molecule has 0 heterocycles. The van der Waals surface area contributed by atoms with E-state index in [-0.39, 0.29) is 0 Å². The predicted molar refractivity (Wildman–Crippen MR) is 111 cm³/mol. The molecule has 2 rings (SSSR count). The summed E-state index contributed by atoms with van der Waals surface area (Å²) in [6, 6.07) is 15.7. The molecule has 4 nitrogen and oxygen atoms in total. The second kappa shape index (κ2) is 10.3. The molecule has 0 saturated carbocycles. The summed E-state index contributed by atoms with van der Waals surface area (Å²) < 4.78 is 12.2. The van der Waals surface area contributed by atoms with Crippen molar-refractivity contribution >= 4 is 27.5 Å². The van der Waals surface area contributed by atoms with Crippen molar-refractivity contribution in [2.24, 2.45) is 0 Å². The van der Waals surface area contributed by atoms with Crippen molar-refractivity contribution in [3.8, 4) is 5.75 Å². The Kier molecular flexibility index (Phi) is 8.07. The largest absolute Gasteiger partial charge is 0.489 e. The van der Waals surface area contributed by atoms with Crippen molar-refractivity contribution in [3.05, 3.63) is 69.7 Å². The van der Waals surface area contributed by atoms with Gasteiger partial charge in [-0.05, 0) is 67.3 Å². The minimum atomic E-state index is -0.943. The van der Waals surface area contributed by atoms with Crippen molar-refractivity contribution in [1.82, 2.24) is 0 Å². The molecule has 0 aliphatic rings. The highest BCUT2D eigenvalue weighted by molar-refractivity contribution is 9.10. The molecule has 0 aliphatic heterocycles. The van der Waals surface area contributed by atoms with Crippen molar-refractivity contribution in [1.29, 1.82) is 0 Å². The van der Waals surface area contributed by atoms with Gasteiger partial charge in [0.15, 0.2) is 6.10 Å². The molecule has 27 heavy (non-hydrogen) atoms. The summed E-state index contributed by atoms with van der Waals surface area (Å²) in [4.78, 5) is 11.2. The molecule has 0 bridgehead atoms. The molecule has 1 unspecified atom stereocenters. The molecule has 0 spiro atoms. The zero-order chi connectivity index (χ0) is 19.8. The zero-order valence-corrected chi connectivity index (χ0v) is 17.5. The summed E-state index contributed by atoms with van der Waals surface area (Å²) >= 11 is 3.45. The number of benzene rings is 2. The van der Waals surface area contributed by atoms with Gasteiger partial charge in [-0.2, -0.15) is 0 Å². The Balaban J connectivity index is 1.97. The third-order valence-electron chi connectivity index (χ3n) is 4.36. The fourth-order valence-corrected chi connectivity index (χ4v) is 2.87. The molecule has 1 N–H and O–H groups in total. The maximum absolute atomic E-state index is 11.2. The minimum absolute atomic E-state index is 0.338. The van der Waals surface area contributed by atoms with Gasteiger partial charge in [0, 0.05) is 17.5 Å². The molecule has 0 saturated heterocycles. The monoisotopic (exact) mass is 432 g/mol. The first-order valence-electron chi connectivity index (χ1n) is 8.89. The number of carbonyl (C=O) groups is 1. The lowest BCUT2D eigenvalue weighted by Crippen LogP contribution is -2.26. The number of carboxylic acid groups (broad SMARTS) is 1. The van der Waals surface area contributed by atoms with Crippen LogP contribution in [0.2, 0.25) is 0 Å². The Hall–Kier alpha value is -2.11. The fraction of sp³-hybridized carbons (Fsp3) is 0.318. The van der Waals surface area contributed by atoms with Gasteiger partial charge in [0.2, 0.25) is 0 Å². The first-order valence-corrected chi connectivity index (χ1v) is 9.68. The van der Waals surface area contributed by atoms with E-state index in [0.29, 0.717) is 19.6 Å². The Labute approximate surface area is 168 Å². The van der Waals surface area contributed by atoms with Crippen LogP contribution < -0.4 is 4.74 Å². The van der Waals surface area contributed by atoms with Gasteiger partial charge in [0.05, 0.1) is 0 Å². The number of hydrogen-bond acceptors (Lipinski definition) is 3. The summed E-state index contributed by atoms with van der Waals surface area (Å²) in [6.07, 6.45) is -0.481. The highest BCUT2D eigenvalue weighted by Crippen LogP contribution is 2.22. The van der Waals surface area contributed by atoms with Gasteiger partial charge in [0.25, 0.3) is 0 Å². The first kappa shape index (κ1) is 21.2. The summed E-state index contributed by atoms with van der Waals surface area (Å²) in [5, 5.41) is 9.17. The number of rotatable bonds is 9. The highest BCUT2D eigenvalue weighted by atomic mass is 79.9. The van der Waals surface area contributed by atoms with Gasteiger partial charge in [0.1, 0.15) is 12.4 Å². The van der Waals surface area contributed by atoms with Crippen molar-refractivity contribution in [3.63, 3.8) is 0 Å². The standard InChI is InChI=1S/C22H25BrO4/c1-4-26-21(22(24)25)13-17-5-11-20(12-6-17)27-14-15(2)16(3)18-7-9-19(23)10-8-18/h5-12,21H,4,13-14H2,1-3H3,(H,24,25)/b16-15+. The van der Waals surface area contributed by atoms with E-state index >= 15 is 0 Å². The average Bonchev–Trinajstić information content (AvgIpc) is 2.66. The third kappa shape index (κ3) is 6.52. The predicted octanol–water partition coefficient (Wildman–Crippen LogP) is 5.35. The number of hydrogen-bond donors (Lipinski definition) is 1. The van der Waals surface area contributed by atoms with Crippen LogP contribution in [0.4, 0.5) is 0 Å².